The standard InChI is InChI=1S/C19H21NO7/c1-24-16-9-7-14(18(25-2)19(16)26-3)8-10-17(21)27-12-13-5-4-6-15(11-13)20(22)23/h4-7,9,11H,8,10,12H2,1-3H3. The molecular formula is C19H21NO7. The highest BCUT2D eigenvalue weighted by atomic mass is 16.6. The summed E-state index contributed by atoms with van der Waals surface area (Å²) in [5, 5.41) is 10.8. The van der Waals surface area contributed by atoms with Gasteiger partial charge in [0.25, 0.3) is 5.69 Å². The zero-order valence-corrected chi connectivity index (χ0v) is 15.4. The molecule has 0 fully saturated rings. The molecule has 0 saturated heterocycles. The Morgan fingerprint density at radius 3 is 2.41 bits per heavy atom. The van der Waals surface area contributed by atoms with Gasteiger partial charge in [-0.25, -0.2) is 0 Å². The fourth-order valence-electron chi connectivity index (χ4n) is 2.59. The van der Waals surface area contributed by atoms with E-state index < -0.39 is 10.9 Å². The second-order valence-electron chi connectivity index (χ2n) is 5.58. The van der Waals surface area contributed by atoms with Gasteiger partial charge in [-0.3, -0.25) is 14.9 Å². The molecule has 0 aliphatic rings. The van der Waals surface area contributed by atoms with Gasteiger partial charge in [0.15, 0.2) is 11.5 Å². The number of nitro benzene ring substituents is 1. The first-order chi connectivity index (χ1) is 13.0. The third-order valence-corrected chi connectivity index (χ3v) is 3.91. The molecular weight excluding hydrogens is 354 g/mol. The lowest BCUT2D eigenvalue weighted by Crippen LogP contribution is -2.07. The topological polar surface area (TPSA) is 97.1 Å². The molecule has 27 heavy (non-hydrogen) atoms. The van der Waals surface area contributed by atoms with E-state index in [4.69, 9.17) is 18.9 Å². The van der Waals surface area contributed by atoms with Crippen LogP contribution in [0.25, 0.3) is 0 Å². The average Bonchev–Trinajstić information content (AvgIpc) is 2.69. The molecule has 0 saturated carbocycles. The van der Waals surface area contributed by atoms with E-state index in [-0.39, 0.29) is 18.7 Å². The number of methoxy groups -OCH3 is 3. The highest BCUT2D eigenvalue weighted by Gasteiger charge is 2.17. The molecule has 0 unspecified atom stereocenters. The van der Waals surface area contributed by atoms with Gasteiger partial charge in [-0.15, -0.1) is 0 Å². The zero-order valence-electron chi connectivity index (χ0n) is 15.4. The summed E-state index contributed by atoms with van der Waals surface area (Å²) in [4.78, 5) is 22.3. The number of nitro groups is 1. The van der Waals surface area contributed by atoms with E-state index in [2.05, 4.69) is 0 Å². The van der Waals surface area contributed by atoms with Crippen LogP contribution in [0.15, 0.2) is 36.4 Å². The lowest BCUT2D eigenvalue weighted by atomic mass is 10.1. The smallest absolute Gasteiger partial charge is 0.306 e. The Balaban J connectivity index is 1.98. The Kier molecular flexibility index (Phi) is 6.99. The summed E-state index contributed by atoms with van der Waals surface area (Å²) in [5.74, 6) is 1.08. The van der Waals surface area contributed by atoms with Gasteiger partial charge in [-0.2, -0.15) is 0 Å². The minimum atomic E-state index is -0.491. The number of ether oxygens (including phenoxy) is 4. The Morgan fingerprint density at radius 2 is 1.78 bits per heavy atom. The van der Waals surface area contributed by atoms with Crippen LogP contribution in [0.1, 0.15) is 17.5 Å². The van der Waals surface area contributed by atoms with E-state index in [1.54, 1.807) is 24.3 Å². The SMILES string of the molecule is COc1ccc(CCC(=O)OCc2cccc([N+](=O)[O-])c2)c(OC)c1OC. The predicted octanol–water partition coefficient (Wildman–Crippen LogP) is 3.30. The van der Waals surface area contributed by atoms with E-state index in [1.165, 1.54) is 33.5 Å². The quantitative estimate of drug-likeness (QED) is 0.377. The second kappa shape index (κ2) is 9.42. The van der Waals surface area contributed by atoms with E-state index in [0.717, 1.165) is 5.56 Å². The fraction of sp³-hybridized carbons (Fsp3) is 0.316. The molecule has 2 rings (SSSR count). The maximum Gasteiger partial charge on any atom is 0.306 e. The molecule has 8 nitrogen and oxygen atoms in total. The second-order valence-corrected chi connectivity index (χ2v) is 5.58. The van der Waals surface area contributed by atoms with Crippen LogP contribution in [0.3, 0.4) is 0 Å². The Morgan fingerprint density at radius 1 is 1.04 bits per heavy atom. The van der Waals surface area contributed by atoms with Gasteiger partial charge in [-0.1, -0.05) is 18.2 Å². The predicted molar refractivity (Wildman–Crippen MR) is 97.3 cm³/mol. The number of carbonyl (C=O) groups excluding carboxylic acids is 1. The van der Waals surface area contributed by atoms with Gasteiger partial charge in [0, 0.05) is 18.6 Å². The van der Waals surface area contributed by atoms with Crippen LogP contribution < -0.4 is 14.2 Å². The van der Waals surface area contributed by atoms with Crippen LogP contribution in [0.5, 0.6) is 17.2 Å². The number of aryl methyl sites for hydroxylation is 1. The molecule has 2 aromatic carbocycles. The highest BCUT2D eigenvalue weighted by molar-refractivity contribution is 5.70. The first-order valence-electron chi connectivity index (χ1n) is 8.17. The number of hydrogen-bond donors (Lipinski definition) is 0. The zero-order chi connectivity index (χ0) is 19.8. The van der Waals surface area contributed by atoms with Crippen molar-refractivity contribution in [1.29, 1.82) is 0 Å². The number of non-ortho nitro benzene ring substituents is 1. The maximum atomic E-state index is 12.0. The van der Waals surface area contributed by atoms with Gasteiger partial charge in [0.05, 0.1) is 26.3 Å². The minimum Gasteiger partial charge on any atom is -0.493 e. The van der Waals surface area contributed by atoms with Crippen molar-refractivity contribution in [2.24, 2.45) is 0 Å². The summed E-state index contributed by atoms with van der Waals surface area (Å²) >= 11 is 0. The number of esters is 1. The van der Waals surface area contributed by atoms with Crippen LogP contribution in [0, 0.1) is 10.1 Å². The largest absolute Gasteiger partial charge is 0.493 e. The summed E-state index contributed by atoms with van der Waals surface area (Å²) in [7, 11) is 4.56. The van der Waals surface area contributed by atoms with Gasteiger partial charge >= 0.3 is 5.97 Å². The molecule has 0 aliphatic heterocycles. The molecule has 144 valence electrons. The van der Waals surface area contributed by atoms with Gasteiger partial charge in [0.1, 0.15) is 6.61 Å². The number of carbonyl (C=O) groups is 1. The maximum absolute atomic E-state index is 12.0. The summed E-state index contributed by atoms with van der Waals surface area (Å²) in [6.07, 6.45) is 0.512. The third kappa shape index (κ3) is 5.10. The Bertz CT molecular complexity index is 820. The number of nitrogens with zero attached hydrogens (tertiary/aromatic N) is 1. The Labute approximate surface area is 156 Å². The van der Waals surface area contributed by atoms with Crippen molar-refractivity contribution in [3.05, 3.63) is 57.6 Å². The monoisotopic (exact) mass is 375 g/mol. The van der Waals surface area contributed by atoms with Crippen molar-refractivity contribution in [2.45, 2.75) is 19.4 Å². The van der Waals surface area contributed by atoms with Gasteiger partial charge < -0.3 is 18.9 Å². The highest BCUT2D eigenvalue weighted by Crippen LogP contribution is 2.40. The van der Waals surface area contributed by atoms with Crippen molar-refractivity contribution >= 4 is 11.7 Å². The molecule has 0 amide bonds. The molecule has 0 bridgehead atoms. The van der Waals surface area contributed by atoms with E-state index >= 15 is 0 Å². The third-order valence-electron chi connectivity index (χ3n) is 3.91. The van der Waals surface area contributed by atoms with Crippen LogP contribution in [0.2, 0.25) is 0 Å². The normalized spacial score (nSPS) is 10.2. The van der Waals surface area contributed by atoms with E-state index in [1.807, 2.05) is 0 Å². The van der Waals surface area contributed by atoms with Crippen LogP contribution in [0.4, 0.5) is 5.69 Å². The molecule has 0 spiro atoms. The lowest BCUT2D eigenvalue weighted by Gasteiger charge is -2.15. The summed E-state index contributed by atoms with van der Waals surface area (Å²) in [6.45, 7) is -0.0242. The molecule has 2 aromatic rings. The van der Waals surface area contributed by atoms with Crippen LogP contribution >= 0.6 is 0 Å². The van der Waals surface area contributed by atoms with Crippen molar-refractivity contribution in [1.82, 2.24) is 0 Å². The number of hydrogen-bond acceptors (Lipinski definition) is 7. The van der Waals surface area contributed by atoms with E-state index in [9.17, 15) is 14.9 Å². The molecule has 0 aliphatic carbocycles. The minimum absolute atomic E-state index is 0.0242. The molecule has 8 heteroatoms. The van der Waals surface area contributed by atoms with Crippen LogP contribution in [-0.4, -0.2) is 32.2 Å². The number of rotatable bonds is 9. The average molecular weight is 375 g/mol. The Hall–Kier alpha value is -3.29. The molecule has 0 N–H and O–H groups in total. The van der Waals surface area contributed by atoms with Crippen molar-refractivity contribution < 1.29 is 28.7 Å². The summed E-state index contributed by atoms with van der Waals surface area (Å²) < 4.78 is 21.1. The molecule has 0 radical (unpaired) electrons. The van der Waals surface area contributed by atoms with Crippen molar-refractivity contribution in [3.8, 4) is 17.2 Å². The van der Waals surface area contributed by atoms with Gasteiger partial charge in [-0.05, 0) is 23.6 Å². The summed E-state index contributed by atoms with van der Waals surface area (Å²) in [5.41, 5.74) is 1.29. The molecule has 0 heterocycles. The first kappa shape index (κ1) is 20.0. The number of benzene rings is 2. The molecule has 0 aromatic heterocycles. The fourth-order valence-corrected chi connectivity index (χ4v) is 2.59. The lowest BCUT2D eigenvalue weighted by molar-refractivity contribution is -0.384. The van der Waals surface area contributed by atoms with Gasteiger partial charge in [0.2, 0.25) is 5.75 Å². The first-order valence-corrected chi connectivity index (χ1v) is 8.17. The summed E-state index contributed by atoms with van der Waals surface area (Å²) in [6, 6.07) is 9.52. The van der Waals surface area contributed by atoms with Crippen LogP contribution in [-0.2, 0) is 22.6 Å². The van der Waals surface area contributed by atoms with E-state index in [0.29, 0.717) is 29.2 Å². The van der Waals surface area contributed by atoms with Crippen molar-refractivity contribution in [2.75, 3.05) is 21.3 Å². The van der Waals surface area contributed by atoms with Crippen molar-refractivity contribution in [3.63, 3.8) is 0 Å². The molecule has 0 atom stereocenters.